The van der Waals surface area contributed by atoms with Gasteiger partial charge in [0.1, 0.15) is 0 Å². The van der Waals surface area contributed by atoms with Gasteiger partial charge in [0, 0.05) is 0 Å². The van der Waals surface area contributed by atoms with E-state index in [1.807, 2.05) is 13.8 Å². The van der Waals surface area contributed by atoms with Crippen molar-refractivity contribution in [2.45, 2.75) is 39.7 Å². The first-order valence-corrected chi connectivity index (χ1v) is 8.43. The minimum Gasteiger partial charge on any atom is -0.286 e. The van der Waals surface area contributed by atoms with E-state index in [2.05, 4.69) is 0 Å². The zero-order valence-electron chi connectivity index (χ0n) is 10.5. The molecule has 104 valence electrons. The fourth-order valence-electron chi connectivity index (χ4n) is 0.883. The maximum Gasteiger partial charge on any atom is 0.267 e. The molecule has 0 saturated carbocycles. The van der Waals surface area contributed by atoms with E-state index in [0.29, 0.717) is 0 Å². The van der Waals surface area contributed by atoms with Crippen LogP contribution in [0.2, 0.25) is 0 Å². The number of rotatable bonds is 7. The maximum absolute atomic E-state index is 11.5. The summed E-state index contributed by atoms with van der Waals surface area (Å²) in [5.41, 5.74) is -0.836. The molecule has 0 aromatic heterocycles. The Morgan fingerprint density at radius 1 is 1.12 bits per heavy atom. The first kappa shape index (κ1) is 16.8. The minimum atomic E-state index is -4.13. The largest absolute Gasteiger partial charge is 0.286 e. The Bertz CT molecular complexity index is 432. The van der Waals surface area contributed by atoms with Gasteiger partial charge < -0.3 is 0 Å². The van der Waals surface area contributed by atoms with E-state index in [1.165, 1.54) is 0 Å². The van der Waals surface area contributed by atoms with Gasteiger partial charge in [0.15, 0.2) is 0 Å². The average Bonchev–Trinajstić information content (AvgIpc) is 1.97. The average molecular weight is 288 g/mol. The molecule has 0 rings (SSSR count). The van der Waals surface area contributed by atoms with Crippen LogP contribution in [0.25, 0.3) is 0 Å². The second kappa shape index (κ2) is 5.64. The summed E-state index contributed by atoms with van der Waals surface area (Å²) in [7, 11) is -7.91. The predicted molar refractivity (Wildman–Crippen MR) is 64.8 cm³/mol. The van der Waals surface area contributed by atoms with Gasteiger partial charge in [-0.1, -0.05) is 13.8 Å². The van der Waals surface area contributed by atoms with Crippen LogP contribution in [-0.2, 0) is 24.4 Å². The Labute approximate surface area is 103 Å². The first-order chi connectivity index (χ1) is 7.36. The van der Waals surface area contributed by atoms with E-state index in [-0.39, 0.29) is 12.3 Å². The van der Waals surface area contributed by atoms with Gasteiger partial charge in [-0.25, -0.2) is 0 Å². The van der Waals surface area contributed by atoms with Crippen molar-refractivity contribution < 1.29 is 25.6 Å². The summed E-state index contributed by atoms with van der Waals surface area (Å²) in [6.07, 6.45) is -0.185. The van der Waals surface area contributed by atoms with Gasteiger partial charge in [-0.05, 0) is 26.2 Å². The summed E-state index contributed by atoms with van der Waals surface area (Å²) in [6, 6.07) is 0. The molecule has 0 heterocycles. The highest BCUT2D eigenvalue weighted by molar-refractivity contribution is 7.87. The molecule has 0 bridgehead atoms. The van der Waals surface area contributed by atoms with Crippen LogP contribution in [-0.4, -0.2) is 38.5 Å². The lowest BCUT2D eigenvalue weighted by atomic mass is 9.95. The van der Waals surface area contributed by atoms with Gasteiger partial charge in [-0.3, -0.25) is 8.74 Å². The van der Waals surface area contributed by atoms with Crippen molar-refractivity contribution in [2.24, 2.45) is 5.92 Å². The molecule has 0 aromatic rings. The normalized spacial score (nSPS) is 14.2. The fourth-order valence-corrected chi connectivity index (χ4v) is 3.00. The lowest BCUT2D eigenvalue weighted by Crippen LogP contribution is -2.34. The van der Waals surface area contributed by atoms with Gasteiger partial charge in [-0.15, -0.1) is 0 Å². The van der Waals surface area contributed by atoms with Crippen LogP contribution in [0.3, 0.4) is 0 Å². The van der Waals surface area contributed by atoms with Crippen LogP contribution in [0.4, 0.5) is 0 Å². The lowest BCUT2D eigenvalue weighted by Gasteiger charge is -2.28. The van der Waals surface area contributed by atoms with Crippen LogP contribution >= 0.6 is 0 Å². The van der Waals surface area contributed by atoms with E-state index in [9.17, 15) is 16.8 Å². The van der Waals surface area contributed by atoms with Crippen LogP contribution in [0.15, 0.2) is 0 Å². The SMILES string of the molecule is CC(C)C(C)(C)OS(=O)(=O)CCCS(=O)(=O)O. The molecule has 8 heteroatoms. The first-order valence-electron chi connectivity index (χ1n) is 5.24. The summed E-state index contributed by atoms with van der Waals surface area (Å²) in [4.78, 5) is 0. The fraction of sp³-hybridized carbons (Fsp3) is 1.00. The van der Waals surface area contributed by atoms with Gasteiger partial charge in [0.25, 0.3) is 20.2 Å². The molecule has 0 aromatic carbocycles. The van der Waals surface area contributed by atoms with E-state index in [4.69, 9.17) is 8.74 Å². The van der Waals surface area contributed by atoms with Gasteiger partial charge in [0.2, 0.25) is 0 Å². The molecule has 0 spiro atoms. The van der Waals surface area contributed by atoms with E-state index in [0.717, 1.165) is 0 Å². The molecule has 0 amide bonds. The molecular formula is C9H20O6S2. The summed E-state index contributed by atoms with van der Waals surface area (Å²) in [6.45, 7) is 6.96. The zero-order valence-corrected chi connectivity index (χ0v) is 12.1. The molecule has 0 fully saturated rings. The van der Waals surface area contributed by atoms with Crippen molar-refractivity contribution >= 4 is 20.2 Å². The van der Waals surface area contributed by atoms with Gasteiger partial charge in [0.05, 0.1) is 17.1 Å². The molecule has 0 aliphatic heterocycles. The summed E-state index contributed by atoms with van der Waals surface area (Å²) >= 11 is 0. The third-order valence-electron chi connectivity index (χ3n) is 2.53. The van der Waals surface area contributed by atoms with Crippen LogP contribution in [0.5, 0.6) is 0 Å². The summed E-state index contributed by atoms with van der Waals surface area (Å²) in [5.74, 6) is -1.01. The predicted octanol–water partition coefficient (Wildman–Crippen LogP) is 1.05. The smallest absolute Gasteiger partial charge is 0.267 e. The molecule has 0 unspecified atom stereocenters. The highest BCUT2D eigenvalue weighted by Gasteiger charge is 2.29. The standard InChI is InChI=1S/C9H20O6S2/c1-8(2)9(3,4)15-17(13,14)7-5-6-16(10,11)12/h8H,5-7H2,1-4H3,(H,10,11,12). The molecule has 0 aliphatic carbocycles. The third-order valence-corrected chi connectivity index (χ3v) is 4.81. The maximum atomic E-state index is 11.5. The van der Waals surface area contributed by atoms with E-state index < -0.39 is 37.3 Å². The molecule has 0 radical (unpaired) electrons. The molecule has 6 nitrogen and oxygen atoms in total. The Kier molecular flexibility index (Phi) is 5.58. The number of hydrogen-bond donors (Lipinski definition) is 1. The van der Waals surface area contributed by atoms with Crippen molar-refractivity contribution in [2.75, 3.05) is 11.5 Å². The Hall–Kier alpha value is -0.180. The van der Waals surface area contributed by atoms with Crippen molar-refractivity contribution in [3.63, 3.8) is 0 Å². The molecule has 17 heavy (non-hydrogen) atoms. The van der Waals surface area contributed by atoms with Crippen LogP contribution in [0.1, 0.15) is 34.1 Å². The van der Waals surface area contributed by atoms with Crippen molar-refractivity contribution in [1.29, 1.82) is 0 Å². The lowest BCUT2D eigenvalue weighted by molar-refractivity contribution is 0.0676. The van der Waals surface area contributed by atoms with Gasteiger partial charge in [-0.2, -0.15) is 16.8 Å². The monoisotopic (exact) mass is 288 g/mol. The summed E-state index contributed by atoms with van der Waals surface area (Å²) in [5, 5.41) is 0. The molecule has 1 N–H and O–H groups in total. The van der Waals surface area contributed by atoms with Crippen molar-refractivity contribution in [3.05, 3.63) is 0 Å². The van der Waals surface area contributed by atoms with Crippen molar-refractivity contribution in [3.8, 4) is 0 Å². The van der Waals surface area contributed by atoms with E-state index in [1.54, 1.807) is 13.8 Å². The molecule has 0 aliphatic rings. The Balaban J connectivity index is 4.42. The molecule has 0 saturated heterocycles. The van der Waals surface area contributed by atoms with Gasteiger partial charge >= 0.3 is 0 Å². The minimum absolute atomic E-state index is 0.00107. The number of hydrogen-bond acceptors (Lipinski definition) is 5. The highest BCUT2D eigenvalue weighted by atomic mass is 32.2. The Morgan fingerprint density at radius 3 is 1.94 bits per heavy atom. The van der Waals surface area contributed by atoms with Crippen LogP contribution in [0, 0.1) is 5.92 Å². The second-order valence-electron chi connectivity index (χ2n) is 4.74. The highest BCUT2D eigenvalue weighted by Crippen LogP contribution is 2.23. The summed E-state index contributed by atoms with van der Waals surface area (Å²) < 4.78 is 57.4. The second-order valence-corrected chi connectivity index (χ2v) is 8.01. The third kappa shape index (κ3) is 7.69. The molecular weight excluding hydrogens is 268 g/mol. The topological polar surface area (TPSA) is 97.7 Å². The van der Waals surface area contributed by atoms with Crippen LogP contribution < -0.4 is 0 Å². The quantitative estimate of drug-likeness (QED) is 0.555. The zero-order chi connectivity index (χ0) is 13.9. The van der Waals surface area contributed by atoms with E-state index >= 15 is 0 Å². The molecule has 0 atom stereocenters. The van der Waals surface area contributed by atoms with Crippen molar-refractivity contribution in [1.82, 2.24) is 0 Å². The Morgan fingerprint density at radius 2 is 1.59 bits per heavy atom.